The van der Waals surface area contributed by atoms with Crippen molar-refractivity contribution in [3.05, 3.63) is 29.3 Å². The van der Waals surface area contributed by atoms with Crippen molar-refractivity contribution in [3.63, 3.8) is 0 Å². The number of ether oxygens (including phenoxy) is 1. The van der Waals surface area contributed by atoms with E-state index in [9.17, 15) is 5.11 Å². The molecule has 1 unspecified atom stereocenters. The first-order valence-corrected chi connectivity index (χ1v) is 9.34. The minimum Gasteiger partial charge on any atom is -0.396 e. The molecule has 1 aromatic carbocycles. The molecule has 0 bridgehead atoms. The zero-order valence-corrected chi connectivity index (χ0v) is 14.8. The van der Waals surface area contributed by atoms with Gasteiger partial charge in [-0.3, -0.25) is 0 Å². The van der Waals surface area contributed by atoms with Crippen LogP contribution >= 0.6 is 23.4 Å². The third-order valence-electron chi connectivity index (χ3n) is 4.41. The number of rotatable bonds is 8. The van der Waals surface area contributed by atoms with Crippen LogP contribution < -0.4 is 5.32 Å². The Morgan fingerprint density at radius 2 is 2.00 bits per heavy atom. The molecule has 1 aromatic rings. The van der Waals surface area contributed by atoms with Gasteiger partial charge in [0.25, 0.3) is 0 Å². The number of benzene rings is 1. The number of halogens is 1. The lowest BCUT2D eigenvalue weighted by molar-refractivity contribution is -0.0162. The van der Waals surface area contributed by atoms with E-state index in [2.05, 4.69) is 24.4 Å². The number of aliphatic hydroxyl groups is 1. The summed E-state index contributed by atoms with van der Waals surface area (Å²) in [5.74, 6) is 1.02. The van der Waals surface area contributed by atoms with Gasteiger partial charge in [-0.05, 0) is 43.5 Å². The van der Waals surface area contributed by atoms with Gasteiger partial charge in [0.1, 0.15) is 0 Å². The first-order chi connectivity index (χ1) is 10.7. The summed E-state index contributed by atoms with van der Waals surface area (Å²) in [5.41, 5.74) is -0.00336. The topological polar surface area (TPSA) is 41.5 Å². The zero-order chi connectivity index (χ0) is 15.8. The highest BCUT2D eigenvalue weighted by Gasteiger charge is 2.32. The number of aliphatic hydroxyl groups excluding tert-OH is 1. The predicted octanol–water partition coefficient (Wildman–Crippen LogP) is 3.59. The van der Waals surface area contributed by atoms with E-state index >= 15 is 0 Å². The van der Waals surface area contributed by atoms with Crippen molar-refractivity contribution in [2.45, 2.75) is 37.1 Å². The largest absolute Gasteiger partial charge is 0.396 e. The molecule has 0 amide bonds. The molecule has 1 aliphatic rings. The molecule has 1 atom stereocenters. The van der Waals surface area contributed by atoms with Crippen LogP contribution in [-0.2, 0) is 4.74 Å². The molecule has 5 heteroatoms. The molecule has 1 heterocycles. The van der Waals surface area contributed by atoms with Crippen LogP contribution in [0, 0.1) is 5.41 Å². The van der Waals surface area contributed by atoms with Gasteiger partial charge in [-0.2, -0.15) is 0 Å². The Bertz CT molecular complexity index is 435. The molecule has 2 rings (SSSR count). The van der Waals surface area contributed by atoms with E-state index < -0.39 is 0 Å². The fraction of sp³-hybridized carbons (Fsp3) is 0.647. The first-order valence-electron chi connectivity index (χ1n) is 7.98. The van der Waals surface area contributed by atoms with Gasteiger partial charge in [-0.15, -0.1) is 11.8 Å². The van der Waals surface area contributed by atoms with Crippen molar-refractivity contribution < 1.29 is 9.84 Å². The number of nitrogens with one attached hydrogen (secondary N) is 1. The van der Waals surface area contributed by atoms with Crippen molar-refractivity contribution in [1.82, 2.24) is 5.32 Å². The van der Waals surface area contributed by atoms with Crippen LogP contribution in [0.1, 0.15) is 26.2 Å². The van der Waals surface area contributed by atoms with Gasteiger partial charge in [0.2, 0.25) is 0 Å². The Kier molecular flexibility index (Phi) is 7.51. The molecule has 0 radical (unpaired) electrons. The second-order valence-electron chi connectivity index (χ2n) is 6.02. The maximum Gasteiger partial charge on any atom is 0.0501 e. The van der Waals surface area contributed by atoms with Crippen LogP contribution in [0.25, 0.3) is 0 Å². The van der Waals surface area contributed by atoms with E-state index in [0.29, 0.717) is 6.04 Å². The molecule has 0 spiro atoms. The summed E-state index contributed by atoms with van der Waals surface area (Å²) >= 11 is 7.76. The fourth-order valence-corrected chi connectivity index (χ4v) is 3.81. The van der Waals surface area contributed by atoms with E-state index in [1.54, 1.807) is 0 Å². The highest BCUT2D eigenvalue weighted by atomic mass is 35.5. The fourth-order valence-electron chi connectivity index (χ4n) is 2.60. The van der Waals surface area contributed by atoms with E-state index in [-0.39, 0.29) is 12.0 Å². The maximum absolute atomic E-state index is 9.75. The average Bonchev–Trinajstić information content (AvgIpc) is 2.57. The van der Waals surface area contributed by atoms with E-state index in [0.717, 1.165) is 49.8 Å². The standard InChI is InChI=1S/C17H26ClNO2S/c1-2-15(11-22-16-5-3-14(18)4-6-16)19-12-17(13-20)7-9-21-10-8-17/h3-6,15,19-20H,2,7-13H2,1H3. The third kappa shape index (κ3) is 5.43. The lowest BCUT2D eigenvalue weighted by Gasteiger charge is -2.37. The Labute approximate surface area is 142 Å². The Balaban J connectivity index is 1.80. The molecule has 124 valence electrons. The monoisotopic (exact) mass is 343 g/mol. The van der Waals surface area contributed by atoms with Crippen LogP contribution in [0.5, 0.6) is 0 Å². The molecular formula is C17H26ClNO2S. The number of thioether (sulfide) groups is 1. The van der Waals surface area contributed by atoms with Crippen molar-refractivity contribution in [1.29, 1.82) is 0 Å². The highest BCUT2D eigenvalue weighted by molar-refractivity contribution is 7.99. The Morgan fingerprint density at radius 3 is 2.59 bits per heavy atom. The van der Waals surface area contributed by atoms with Crippen molar-refractivity contribution >= 4 is 23.4 Å². The van der Waals surface area contributed by atoms with Gasteiger partial charge in [0, 0.05) is 46.9 Å². The summed E-state index contributed by atoms with van der Waals surface area (Å²) in [5, 5.41) is 14.2. The summed E-state index contributed by atoms with van der Waals surface area (Å²) in [7, 11) is 0. The molecule has 1 aliphatic heterocycles. The smallest absolute Gasteiger partial charge is 0.0501 e. The number of hydrogen-bond donors (Lipinski definition) is 2. The third-order valence-corrected chi connectivity index (χ3v) is 5.84. The normalized spacial score (nSPS) is 19.0. The van der Waals surface area contributed by atoms with Crippen LogP contribution in [0.15, 0.2) is 29.2 Å². The summed E-state index contributed by atoms with van der Waals surface area (Å²) in [6.07, 6.45) is 2.97. The molecule has 0 aliphatic carbocycles. The van der Waals surface area contributed by atoms with Crippen molar-refractivity contribution in [2.24, 2.45) is 5.41 Å². The maximum atomic E-state index is 9.75. The van der Waals surface area contributed by atoms with Gasteiger partial charge in [-0.1, -0.05) is 18.5 Å². The van der Waals surface area contributed by atoms with Gasteiger partial charge >= 0.3 is 0 Å². The van der Waals surface area contributed by atoms with Gasteiger partial charge in [0.05, 0.1) is 6.61 Å². The lowest BCUT2D eigenvalue weighted by Crippen LogP contribution is -2.45. The molecule has 0 saturated carbocycles. The van der Waals surface area contributed by atoms with E-state index in [1.165, 1.54) is 4.90 Å². The number of hydrogen-bond acceptors (Lipinski definition) is 4. The molecule has 0 aromatic heterocycles. The average molecular weight is 344 g/mol. The quantitative estimate of drug-likeness (QED) is 0.708. The second-order valence-corrected chi connectivity index (χ2v) is 7.55. The van der Waals surface area contributed by atoms with E-state index in [1.807, 2.05) is 23.9 Å². The van der Waals surface area contributed by atoms with Crippen LogP contribution in [0.2, 0.25) is 5.02 Å². The van der Waals surface area contributed by atoms with Gasteiger partial charge < -0.3 is 15.2 Å². The zero-order valence-electron chi connectivity index (χ0n) is 13.2. The van der Waals surface area contributed by atoms with Crippen LogP contribution in [-0.4, -0.2) is 43.3 Å². The van der Waals surface area contributed by atoms with Crippen molar-refractivity contribution in [3.8, 4) is 0 Å². The van der Waals surface area contributed by atoms with Gasteiger partial charge in [-0.25, -0.2) is 0 Å². The summed E-state index contributed by atoms with van der Waals surface area (Å²) in [6.45, 7) is 4.84. The minimum atomic E-state index is -0.00336. The highest BCUT2D eigenvalue weighted by Crippen LogP contribution is 2.29. The van der Waals surface area contributed by atoms with Gasteiger partial charge in [0.15, 0.2) is 0 Å². The van der Waals surface area contributed by atoms with Crippen molar-refractivity contribution in [2.75, 3.05) is 32.1 Å². The molecular weight excluding hydrogens is 318 g/mol. The Morgan fingerprint density at radius 1 is 1.32 bits per heavy atom. The SMILES string of the molecule is CCC(CSc1ccc(Cl)cc1)NCC1(CO)CCOCC1. The molecule has 22 heavy (non-hydrogen) atoms. The lowest BCUT2D eigenvalue weighted by atomic mass is 9.81. The summed E-state index contributed by atoms with van der Waals surface area (Å²) < 4.78 is 5.42. The molecule has 2 N–H and O–H groups in total. The van der Waals surface area contributed by atoms with Crippen LogP contribution in [0.4, 0.5) is 0 Å². The molecule has 1 saturated heterocycles. The molecule has 3 nitrogen and oxygen atoms in total. The first kappa shape index (κ1) is 18.1. The predicted molar refractivity (Wildman–Crippen MR) is 93.8 cm³/mol. The minimum absolute atomic E-state index is 0.00336. The Hall–Kier alpha value is -0.260. The summed E-state index contributed by atoms with van der Waals surface area (Å²) in [4.78, 5) is 1.24. The van der Waals surface area contributed by atoms with Crippen LogP contribution in [0.3, 0.4) is 0 Å². The summed E-state index contributed by atoms with van der Waals surface area (Å²) in [6, 6.07) is 8.44. The van der Waals surface area contributed by atoms with E-state index in [4.69, 9.17) is 16.3 Å². The second kappa shape index (κ2) is 9.14. The molecule has 1 fully saturated rings.